The number of hydrogen-bond donors (Lipinski definition) is 2. The number of anilines is 1. The molecular formula is C26H25N5O2. The lowest BCUT2D eigenvalue weighted by Crippen LogP contribution is -2.49. The molecule has 0 bridgehead atoms. The number of fused-ring (bicyclic) bond motifs is 1. The molecule has 0 radical (unpaired) electrons. The summed E-state index contributed by atoms with van der Waals surface area (Å²) in [4.78, 5) is 37.1. The molecule has 5 rings (SSSR count). The first-order chi connectivity index (χ1) is 16.2. The average Bonchev–Trinajstić information content (AvgIpc) is 3.32. The van der Waals surface area contributed by atoms with Gasteiger partial charge >= 0.3 is 0 Å². The van der Waals surface area contributed by atoms with Crippen LogP contribution in [-0.2, 0) is 6.54 Å². The van der Waals surface area contributed by atoms with Gasteiger partial charge in [-0.15, -0.1) is 0 Å². The van der Waals surface area contributed by atoms with Gasteiger partial charge in [-0.1, -0.05) is 48.5 Å². The van der Waals surface area contributed by atoms with Crippen molar-refractivity contribution in [2.24, 2.45) is 0 Å². The van der Waals surface area contributed by atoms with Gasteiger partial charge in [0.05, 0.1) is 0 Å². The first kappa shape index (κ1) is 20.8. The van der Waals surface area contributed by atoms with Crippen molar-refractivity contribution in [1.29, 1.82) is 0 Å². The fraction of sp³-hybridized carbons (Fsp3) is 0.192. The molecule has 0 saturated carbocycles. The monoisotopic (exact) mass is 439 g/mol. The number of pyridine rings is 1. The van der Waals surface area contributed by atoms with Gasteiger partial charge in [-0.3, -0.25) is 14.6 Å². The second-order valence-corrected chi connectivity index (χ2v) is 8.12. The molecule has 0 unspecified atom stereocenters. The van der Waals surface area contributed by atoms with Crippen molar-refractivity contribution in [1.82, 2.24) is 20.2 Å². The quantitative estimate of drug-likeness (QED) is 0.499. The summed E-state index contributed by atoms with van der Waals surface area (Å²) in [6, 6.07) is 23.3. The summed E-state index contributed by atoms with van der Waals surface area (Å²) in [5, 5.41) is 3.96. The Kier molecular flexibility index (Phi) is 5.76. The molecule has 1 aliphatic rings. The van der Waals surface area contributed by atoms with Crippen LogP contribution >= 0.6 is 0 Å². The van der Waals surface area contributed by atoms with Gasteiger partial charge in [-0.25, -0.2) is 0 Å². The molecule has 4 aromatic rings. The first-order valence-corrected chi connectivity index (χ1v) is 11.1. The van der Waals surface area contributed by atoms with Crippen LogP contribution in [0.1, 0.15) is 26.5 Å². The van der Waals surface area contributed by atoms with Crippen molar-refractivity contribution < 1.29 is 9.59 Å². The highest BCUT2D eigenvalue weighted by Crippen LogP contribution is 2.20. The van der Waals surface area contributed by atoms with E-state index in [1.165, 1.54) is 0 Å². The van der Waals surface area contributed by atoms with E-state index in [0.29, 0.717) is 44.1 Å². The number of carbonyl (C=O) groups excluding carboxylic acids is 2. The molecule has 2 amide bonds. The largest absolute Gasteiger partial charge is 0.368 e. The second-order valence-electron chi connectivity index (χ2n) is 8.12. The summed E-state index contributed by atoms with van der Waals surface area (Å²) in [5.74, 6) is -0.185. The predicted octanol–water partition coefficient (Wildman–Crippen LogP) is 3.46. The van der Waals surface area contributed by atoms with Gasteiger partial charge in [0, 0.05) is 55.5 Å². The van der Waals surface area contributed by atoms with Crippen molar-refractivity contribution in [3.8, 4) is 0 Å². The molecule has 2 N–H and O–H groups in total. The lowest BCUT2D eigenvalue weighted by atomic mass is 10.2. The van der Waals surface area contributed by atoms with E-state index in [1.807, 2.05) is 77.7 Å². The summed E-state index contributed by atoms with van der Waals surface area (Å²) in [6.07, 6.45) is 1.66. The molecule has 1 aliphatic heterocycles. The van der Waals surface area contributed by atoms with Crippen LogP contribution in [-0.4, -0.2) is 52.9 Å². The van der Waals surface area contributed by atoms with E-state index in [9.17, 15) is 9.59 Å². The van der Waals surface area contributed by atoms with Crippen molar-refractivity contribution in [2.45, 2.75) is 6.54 Å². The number of H-pyrrole nitrogens is 1. The highest BCUT2D eigenvalue weighted by molar-refractivity contribution is 5.98. The fourth-order valence-corrected chi connectivity index (χ4v) is 4.14. The van der Waals surface area contributed by atoms with Crippen molar-refractivity contribution in [2.75, 3.05) is 31.1 Å². The Bertz CT molecular complexity index is 1240. The molecule has 0 aliphatic carbocycles. The van der Waals surface area contributed by atoms with E-state index >= 15 is 0 Å². The number of piperazine rings is 1. The number of benzene rings is 2. The van der Waals surface area contributed by atoms with E-state index in [4.69, 9.17) is 0 Å². The summed E-state index contributed by atoms with van der Waals surface area (Å²) < 4.78 is 0. The van der Waals surface area contributed by atoms with E-state index in [-0.39, 0.29) is 11.8 Å². The Labute approximate surface area is 192 Å². The number of hydrogen-bond acceptors (Lipinski definition) is 4. The highest BCUT2D eigenvalue weighted by Gasteiger charge is 2.24. The molecule has 33 heavy (non-hydrogen) atoms. The Morgan fingerprint density at radius 1 is 0.909 bits per heavy atom. The number of nitrogens with zero attached hydrogens (tertiary/aromatic N) is 3. The maximum Gasteiger partial charge on any atom is 0.270 e. The minimum Gasteiger partial charge on any atom is -0.368 e. The zero-order valence-corrected chi connectivity index (χ0v) is 18.2. The third-order valence-electron chi connectivity index (χ3n) is 5.96. The molecule has 1 fully saturated rings. The molecule has 0 atom stereocenters. The number of nitrogens with one attached hydrogen (secondary N) is 2. The van der Waals surface area contributed by atoms with Crippen LogP contribution in [0.15, 0.2) is 79.0 Å². The first-order valence-electron chi connectivity index (χ1n) is 11.1. The standard InChI is InChI=1S/C26H25N5O2/c32-25(28-18-19-6-2-1-3-7-19)23-17-21(10-11-27-23)30-12-14-31(15-13-30)26(33)24-16-20-8-4-5-9-22(20)29-24/h1-11,16-17,29H,12-15,18H2,(H,28,32). The minimum atomic E-state index is -0.201. The Morgan fingerprint density at radius 3 is 2.45 bits per heavy atom. The number of rotatable bonds is 5. The van der Waals surface area contributed by atoms with Gasteiger partial charge in [0.25, 0.3) is 11.8 Å². The zero-order valence-electron chi connectivity index (χ0n) is 18.2. The van der Waals surface area contributed by atoms with Gasteiger partial charge in [0.15, 0.2) is 0 Å². The number of aromatic nitrogens is 2. The fourth-order valence-electron chi connectivity index (χ4n) is 4.14. The van der Waals surface area contributed by atoms with Crippen LogP contribution in [0, 0.1) is 0 Å². The van der Waals surface area contributed by atoms with E-state index in [2.05, 4.69) is 20.2 Å². The van der Waals surface area contributed by atoms with Crippen LogP contribution < -0.4 is 10.2 Å². The topological polar surface area (TPSA) is 81.3 Å². The van der Waals surface area contributed by atoms with Crippen molar-refractivity contribution >= 4 is 28.4 Å². The Morgan fingerprint density at radius 2 is 1.67 bits per heavy atom. The van der Waals surface area contributed by atoms with Gasteiger partial charge in [0.1, 0.15) is 11.4 Å². The SMILES string of the molecule is O=C(NCc1ccccc1)c1cc(N2CCN(C(=O)c3cc4ccccc4[nH]3)CC2)ccn1. The van der Waals surface area contributed by atoms with E-state index in [1.54, 1.807) is 6.20 Å². The maximum absolute atomic E-state index is 13.0. The van der Waals surface area contributed by atoms with E-state index in [0.717, 1.165) is 22.2 Å². The predicted molar refractivity (Wildman–Crippen MR) is 128 cm³/mol. The number of carbonyl (C=O) groups is 2. The highest BCUT2D eigenvalue weighted by atomic mass is 16.2. The second kappa shape index (κ2) is 9.16. The van der Waals surface area contributed by atoms with Crippen LogP contribution in [0.4, 0.5) is 5.69 Å². The maximum atomic E-state index is 13.0. The Balaban J connectivity index is 1.20. The summed E-state index contributed by atoms with van der Waals surface area (Å²) in [6.45, 7) is 3.08. The lowest BCUT2D eigenvalue weighted by Gasteiger charge is -2.36. The molecule has 166 valence electrons. The van der Waals surface area contributed by atoms with Gasteiger partial charge in [0.2, 0.25) is 0 Å². The molecule has 1 saturated heterocycles. The smallest absolute Gasteiger partial charge is 0.270 e. The number of aromatic amines is 1. The van der Waals surface area contributed by atoms with Crippen LogP contribution in [0.5, 0.6) is 0 Å². The molecule has 2 aromatic carbocycles. The molecule has 7 heteroatoms. The molecule has 0 spiro atoms. The van der Waals surface area contributed by atoms with Gasteiger partial charge in [-0.05, 0) is 29.8 Å². The molecule has 3 heterocycles. The van der Waals surface area contributed by atoms with Crippen LogP contribution in [0.3, 0.4) is 0 Å². The minimum absolute atomic E-state index is 0.0153. The Hall–Kier alpha value is -4.13. The zero-order chi connectivity index (χ0) is 22.6. The normalized spacial score (nSPS) is 13.8. The third kappa shape index (κ3) is 4.57. The van der Waals surface area contributed by atoms with Crippen molar-refractivity contribution in [3.05, 3.63) is 95.9 Å². The number of para-hydroxylation sites is 1. The third-order valence-corrected chi connectivity index (χ3v) is 5.96. The summed E-state index contributed by atoms with van der Waals surface area (Å²) in [7, 11) is 0. The van der Waals surface area contributed by atoms with Gasteiger partial charge in [-0.2, -0.15) is 0 Å². The molecule has 2 aromatic heterocycles. The summed E-state index contributed by atoms with van der Waals surface area (Å²) in [5.41, 5.74) is 3.95. The van der Waals surface area contributed by atoms with E-state index < -0.39 is 0 Å². The van der Waals surface area contributed by atoms with Crippen LogP contribution in [0.25, 0.3) is 10.9 Å². The van der Waals surface area contributed by atoms with Crippen LogP contribution in [0.2, 0.25) is 0 Å². The summed E-state index contributed by atoms with van der Waals surface area (Å²) >= 11 is 0. The van der Waals surface area contributed by atoms with Gasteiger partial charge < -0.3 is 20.1 Å². The molecular weight excluding hydrogens is 414 g/mol. The number of amides is 2. The molecule has 7 nitrogen and oxygen atoms in total. The lowest BCUT2D eigenvalue weighted by molar-refractivity contribution is 0.0741. The average molecular weight is 440 g/mol. The van der Waals surface area contributed by atoms with Crippen molar-refractivity contribution in [3.63, 3.8) is 0 Å².